The van der Waals surface area contributed by atoms with Crippen LogP contribution in [0.2, 0.25) is 0 Å². The highest BCUT2D eigenvalue weighted by Gasteiger charge is 2.38. The van der Waals surface area contributed by atoms with E-state index < -0.39 is 0 Å². The molecule has 3 unspecified atom stereocenters. The van der Waals surface area contributed by atoms with Gasteiger partial charge in [0.2, 0.25) is 0 Å². The first-order valence-electron chi connectivity index (χ1n) is 9.05. The molecule has 1 saturated carbocycles. The quantitative estimate of drug-likeness (QED) is 0.687. The second-order valence-electron chi connectivity index (χ2n) is 7.53. The summed E-state index contributed by atoms with van der Waals surface area (Å²) in [6.45, 7) is 12.4. The minimum absolute atomic E-state index is 0.263. The maximum absolute atomic E-state index is 9.42. The number of unbranched alkanes of at least 4 members (excludes halogenated alkanes) is 1. The molecule has 0 spiro atoms. The van der Waals surface area contributed by atoms with E-state index >= 15 is 0 Å². The molecule has 0 saturated heterocycles. The van der Waals surface area contributed by atoms with Crippen molar-refractivity contribution in [3.8, 4) is 0 Å². The molecular weight excluding hydrogens is 260 g/mol. The molecule has 1 aliphatic carbocycles. The van der Waals surface area contributed by atoms with Gasteiger partial charge in [0.05, 0.1) is 6.61 Å². The van der Waals surface area contributed by atoms with Crippen molar-refractivity contribution < 1.29 is 5.11 Å². The first-order chi connectivity index (χ1) is 10.00. The third-order valence-electron chi connectivity index (χ3n) is 5.93. The first kappa shape index (κ1) is 18.9. The lowest BCUT2D eigenvalue weighted by atomic mass is 9.65. The van der Waals surface area contributed by atoms with Gasteiger partial charge < -0.3 is 10.8 Å². The van der Waals surface area contributed by atoms with E-state index in [0.29, 0.717) is 17.4 Å². The van der Waals surface area contributed by atoms with Crippen molar-refractivity contribution in [3.63, 3.8) is 0 Å². The summed E-state index contributed by atoms with van der Waals surface area (Å²) >= 11 is 0. The molecule has 21 heavy (non-hydrogen) atoms. The van der Waals surface area contributed by atoms with Gasteiger partial charge in [0.25, 0.3) is 0 Å². The van der Waals surface area contributed by atoms with Crippen molar-refractivity contribution in [2.75, 3.05) is 26.2 Å². The number of aliphatic hydroxyl groups is 1. The number of hydrogen-bond donors (Lipinski definition) is 2. The summed E-state index contributed by atoms with van der Waals surface area (Å²) in [5, 5.41) is 9.42. The van der Waals surface area contributed by atoms with Crippen LogP contribution in [0.25, 0.3) is 0 Å². The van der Waals surface area contributed by atoms with Gasteiger partial charge in [0, 0.05) is 12.6 Å². The second-order valence-corrected chi connectivity index (χ2v) is 7.53. The standard InChI is InChI=1S/C18H38N2O/c1-5-7-10-20(11-12-21)17-13-16(18(3,4)6-2)9-8-15(17)14-19/h15-17,21H,5-14,19H2,1-4H3. The predicted octanol–water partition coefficient (Wildman–Crippen LogP) is 3.26. The van der Waals surface area contributed by atoms with Crippen molar-refractivity contribution >= 4 is 0 Å². The van der Waals surface area contributed by atoms with Crippen LogP contribution >= 0.6 is 0 Å². The molecule has 0 radical (unpaired) electrons. The molecule has 0 aliphatic heterocycles. The molecule has 0 bridgehead atoms. The van der Waals surface area contributed by atoms with E-state index in [4.69, 9.17) is 5.73 Å². The summed E-state index contributed by atoms with van der Waals surface area (Å²) in [6, 6.07) is 0.568. The number of nitrogens with two attached hydrogens (primary N) is 1. The summed E-state index contributed by atoms with van der Waals surface area (Å²) in [5.74, 6) is 1.40. The van der Waals surface area contributed by atoms with Gasteiger partial charge in [0.1, 0.15) is 0 Å². The molecule has 3 nitrogen and oxygen atoms in total. The lowest BCUT2D eigenvalue weighted by Crippen LogP contribution is -2.50. The highest BCUT2D eigenvalue weighted by atomic mass is 16.3. The molecule has 3 N–H and O–H groups in total. The second kappa shape index (κ2) is 9.12. The van der Waals surface area contributed by atoms with Crippen molar-refractivity contribution in [2.45, 2.75) is 72.3 Å². The normalized spacial score (nSPS) is 27.3. The van der Waals surface area contributed by atoms with Crippen molar-refractivity contribution in [1.29, 1.82) is 0 Å². The van der Waals surface area contributed by atoms with Crippen LogP contribution < -0.4 is 5.73 Å². The topological polar surface area (TPSA) is 49.5 Å². The Kier molecular flexibility index (Phi) is 8.22. The van der Waals surface area contributed by atoms with Crippen LogP contribution in [0.4, 0.5) is 0 Å². The lowest BCUT2D eigenvalue weighted by molar-refractivity contribution is 0.0287. The highest BCUT2D eigenvalue weighted by Crippen LogP contribution is 2.43. The van der Waals surface area contributed by atoms with Crippen LogP contribution in [0.3, 0.4) is 0 Å². The Bertz CT molecular complexity index is 280. The van der Waals surface area contributed by atoms with Crippen LogP contribution in [0.1, 0.15) is 66.2 Å². The SMILES string of the molecule is CCCCN(CCO)C1CC(C(C)(C)CC)CCC1CN. The van der Waals surface area contributed by atoms with E-state index in [0.717, 1.165) is 25.6 Å². The Morgan fingerprint density at radius 3 is 2.43 bits per heavy atom. The molecular formula is C18H38N2O. The van der Waals surface area contributed by atoms with Crippen LogP contribution in [-0.2, 0) is 0 Å². The fourth-order valence-electron chi connectivity index (χ4n) is 3.86. The Morgan fingerprint density at radius 1 is 1.19 bits per heavy atom. The molecule has 3 heteroatoms. The highest BCUT2D eigenvalue weighted by molar-refractivity contribution is 4.92. The number of hydrogen-bond acceptors (Lipinski definition) is 3. The molecule has 0 heterocycles. The van der Waals surface area contributed by atoms with E-state index in [9.17, 15) is 5.11 Å². The van der Waals surface area contributed by atoms with E-state index in [-0.39, 0.29) is 6.61 Å². The molecule has 1 fully saturated rings. The van der Waals surface area contributed by atoms with Crippen LogP contribution in [0.5, 0.6) is 0 Å². The van der Waals surface area contributed by atoms with Crippen molar-refractivity contribution in [3.05, 3.63) is 0 Å². The Labute approximate surface area is 132 Å². The van der Waals surface area contributed by atoms with E-state index in [1.807, 2.05) is 0 Å². The van der Waals surface area contributed by atoms with Crippen molar-refractivity contribution in [1.82, 2.24) is 4.90 Å². The summed E-state index contributed by atoms with van der Waals surface area (Å²) in [7, 11) is 0. The maximum atomic E-state index is 9.42. The number of rotatable bonds is 9. The average molecular weight is 299 g/mol. The average Bonchev–Trinajstić information content (AvgIpc) is 2.50. The fraction of sp³-hybridized carbons (Fsp3) is 1.00. The van der Waals surface area contributed by atoms with Crippen LogP contribution in [0.15, 0.2) is 0 Å². The smallest absolute Gasteiger partial charge is 0.0558 e. The van der Waals surface area contributed by atoms with Crippen LogP contribution in [0, 0.1) is 17.3 Å². The fourth-order valence-corrected chi connectivity index (χ4v) is 3.86. The Hall–Kier alpha value is -0.120. The molecule has 1 aliphatic rings. The molecule has 0 amide bonds. The van der Waals surface area contributed by atoms with E-state index in [1.54, 1.807) is 0 Å². The minimum Gasteiger partial charge on any atom is -0.395 e. The van der Waals surface area contributed by atoms with Gasteiger partial charge in [-0.1, -0.05) is 40.5 Å². The summed E-state index contributed by atoms with van der Waals surface area (Å²) in [6.07, 6.45) is 7.50. The minimum atomic E-state index is 0.263. The maximum Gasteiger partial charge on any atom is 0.0558 e. The number of aliphatic hydroxyl groups excluding tert-OH is 1. The zero-order valence-corrected chi connectivity index (χ0v) is 14.8. The van der Waals surface area contributed by atoms with Gasteiger partial charge in [-0.2, -0.15) is 0 Å². The monoisotopic (exact) mass is 298 g/mol. The molecule has 1 rings (SSSR count). The third-order valence-corrected chi connectivity index (χ3v) is 5.93. The Morgan fingerprint density at radius 2 is 1.90 bits per heavy atom. The molecule has 0 aromatic heterocycles. The van der Waals surface area contributed by atoms with Gasteiger partial charge in [-0.05, 0) is 56.0 Å². The Balaban J connectivity index is 2.80. The zero-order valence-electron chi connectivity index (χ0n) is 14.8. The van der Waals surface area contributed by atoms with E-state index in [2.05, 4.69) is 32.6 Å². The van der Waals surface area contributed by atoms with Gasteiger partial charge in [-0.15, -0.1) is 0 Å². The van der Waals surface area contributed by atoms with E-state index in [1.165, 1.54) is 38.5 Å². The van der Waals surface area contributed by atoms with Gasteiger partial charge in [0.15, 0.2) is 0 Å². The number of nitrogens with zero attached hydrogens (tertiary/aromatic N) is 1. The summed E-state index contributed by atoms with van der Waals surface area (Å²) in [5.41, 5.74) is 6.48. The first-order valence-corrected chi connectivity index (χ1v) is 9.05. The zero-order chi connectivity index (χ0) is 15.9. The molecule has 0 aromatic carbocycles. The van der Waals surface area contributed by atoms with Crippen molar-refractivity contribution in [2.24, 2.45) is 23.0 Å². The summed E-state index contributed by atoms with van der Waals surface area (Å²) in [4.78, 5) is 2.53. The molecule has 126 valence electrons. The lowest BCUT2D eigenvalue weighted by Gasteiger charge is -2.47. The van der Waals surface area contributed by atoms with Gasteiger partial charge >= 0.3 is 0 Å². The molecule has 0 aromatic rings. The van der Waals surface area contributed by atoms with Gasteiger partial charge in [-0.3, -0.25) is 4.90 Å². The summed E-state index contributed by atoms with van der Waals surface area (Å²) < 4.78 is 0. The van der Waals surface area contributed by atoms with Crippen LogP contribution in [-0.4, -0.2) is 42.3 Å². The molecule has 3 atom stereocenters. The largest absolute Gasteiger partial charge is 0.395 e. The third kappa shape index (κ3) is 5.22. The predicted molar refractivity (Wildman–Crippen MR) is 91.3 cm³/mol. The van der Waals surface area contributed by atoms with Gasteiger partial charge in [-0.25, -0.2) is 0 Å².